The number of amides is 2. The fraction of sp³-hybridized carbons (Fsp3) is 0.213. The molecule has 0 aliphatic carbocycles. The minimum Gasteiger partial charge on any atom is -0.611 e. The Morgan fingerprint density at radius 3 is 1.49 bits per heavy atom. The highest BCUT2D eigenvalue weighted by Gasteiger charge is 2.18. The van der Waals surface area contributed by atoms with Gasteiger partial charge in [-0.15, -0.1) is 0 Å². The average molecular weight is 1040 g/mol. The van der Waals surface area contributed by atoms with Crippen LogP contribution in [-0.4, -0.2) is 52.2 Å². The maximum Gasteiger partial charge on any atom is 0.248 e. The summed E-state index contributed by atoms with van der Waals surface area (Å²) in [6, 6.07) is 46.1. The SMILES string of the molecule is CCCn1cncc1C[S@@+]([O-])c1ccc(NC(=O)/C=C/c2cccc(-c3ccc(OC(C)CCCn4cncc4C[S@+]([O-])c4ccc(NC(=O)/C=C/c5cccc(-c6ccc(OC(C)C)cc6)c5)cc4)cc3)c2)cc1. The van der Waals surface area contributed by atoms with E-state index in [2.05, 4.69) is 34.4 Å². The van der Waals surface area contributed by atoms with Crippen LogP contribution < -0.4 is 20.1 Å². The summed E-state index contributed by atoms with van der Waals surface area (Å²) in [5.74, 6) is 1.76. The molecule has 0 saturated carbocycles. The zero-order valence-corrected chi connectivity index (χ0v) is 44.3. The van der Waals surface area contributed by atoms with Crippen molar-refractivity contribution in [3.63, 3.8) is 0 Å². The van der Waals surface area contributed by atoms with Gasteiger partial charge in [0.15, 0.2) is 21.3 Å². The summed E-state index contributed by atoms with van der Waals surface area (Å²) >= 11 is -2.55. The fourth-order valence-electron chi connectivity index (χ4n) is 8.32. The van der Waals surface area contributed by atoms with E-state index in [0.29, 0.717) is 39.2 Å². The number of hydrogen-bond acceptors (Lipinski definition) is 8. The van der Waals surface area contributed by atoms with Crippen LogP contribution in [-0.2, 0) is 56.5 Å². The minimum absolute atomic E-state index is 0.0369. The summed E-state index contributed by atoms with van der Waals surface area (Å²) in [5, 5.41) is 5.79. The molecule has 0 bridgehead atoms. The first-order valence-corrected chi connectivity index (χ1v) is 27.8. The van der Waals surface area contributed by atoms with Crippen molar-refractivity contribution in [1.82, 2.24) is 19.1 Å². The fourth-order valence-corrected chi connectivity index (χ4v) is 10.5. The summed E-state index contributed by atoms with van der Waals surface area (Å²) in [5.41, 5.74) is 8.95. The summed E-state index contributed by atoms with van der Waals surface area (Å²) in [7, 11) is 0. The largest absolute Gasteiger partial charge is 0.611 e. The van der Waals surface area contributed by atoms with Crippen molar-refractivity contribution in [3.05, 3.63) is 205 Å². The summed E-state index contributed by atoms with van der Waals surface area (Å²) in [4.78, 5) is 35.6. The average Bonchev–Trinajstić information content (AvgIpc) is 4.06. The molecule has 12 nitrogen and oxygen atoms in total. The molecule has 6 aromatic carbocycles. The van der Waals surface area contributed by atoms with Gasteiger partial charge in [0.25, 0.3) is 0 Å². The molecule has 2 heterocycles. The maximum atomic E-state index is 13.5. The lowest BCUT2D eigenvalue weighted by atomic mass is 10.0. The summed E-state index contributed by atoms with van der Waals surface area (Å²) < 4.78 is 42.6. The van der Waals surface area contributed by atoms with E-state index in [4.69, 9.17) is 9.47 Å². The molecule has 2 aromatic heterocycles. The van der Waals surface area contributed by atoms with E-state index in [0.717, 1.165) is 82.1 Å². The zero-order chi connectivity index (χ0) is 52.5. The number of rotatable bonds is 24. The molecular formula is C61H62N6O6S2. The Hall–Kier alpha value is -7.62. The van der Waals surface area contributed by atoms with Crippen LogP contribution in [0.25, 0.3) is 34.4 Å². The Morgan fingerprint density at radius 1 is 0.587 bits per heavy atom. The third-order valence-electron chi connectivity index (χ3n) is 12.1. The molecule has 2 amide bonds. The molecule has 384 valence electrons. The second kappa shape index (κ2) is 26.5. The molecule has 0 saturated heterocycles. The third kappa shape index (κ3) is 15.9. The van der Waals surface area contributed by atoms with E-state index in [1.165, 1.54) is 12.2 Å². The second-order valence-electron chi connectivity index (χ2n) is 18.4. The molecule has 8 aromatic rings. The number of imidazole rings is 2. The number of anilines is 2. The molecule has 8 rings (SSSR count). The molecule has 2 N–H and O–H groups in total. The van der Waals surface area contributed by atoms with Crippen LogP contribution in [0.15, 0.2) is 193 Å². The lowest BCUT2D eigenvalue weighted by Gasteiger charge is -2.16. The summed E-state index contributed by atoms with van der Waals surface area (Å²) in [6.07, 6.45) is 16.3. The number of ether oxygens (including phenoxy) is 2. The quantitative estimate of drug-likeness (QED) is 0.0447. The van der Waals surface area contributed by atoms with Gasteiger partial charge in [-0.2, -0.15) is 0 Å². The predicted octanol–water partition coefficient (Wildman–Crippen LogP) is 12.8. The van der Waals surface area contributed by atoms with Crippen LogP contribution >= 0.6 is 0 Å². The molecular weight excluding hydrogens is 977 g/mol. The van der Waals surface area contributed by atoms with Gasteiger partial charge in [-0.25, -0.2) is 9.97 Å². The van der Waals surface area contributed by atoms with Crippen LogP contribution in [0.5, 0.6) is 11.5 Å². The first kappa shape index (κ1) is 53.7. The van der Waals surface area contributed by atoms with Gasteiger partial charge in [-0.1, -0.05) is 67.6 Å². The van der Waals surface area contributed by atoms with Gasteiger partial charge in [0, 0.05) is 36.6 Å². The van der Waals surface area contributed by atoms with E-state index in [9.17, 15) is 18.7 Å². The number of aromatic nitrogens is 4. The Labute approximate surface area is 446 Å². The van der Waals surface area contributed by atoms with E-state index in [-0.39, 0.29) is 24.0 Å². The van der Waals surface area contributed by atoms with Crippen molar-refractivity contribution in [1.29, 1.82) is 0 Å². The molecule has 1 unspecified atom stereocenters. The van der Waals surface area contributed by atoms with Gasteiger partial charge < -0.3 is 38.3 Å². The topological polar surface area (TPSA) is 158 Å². The highest BCUT2D eigenvalue weighted by molar-refractivity contribution is 7.91. The Morgan fingerprint density at radius 2 is 1.04 bits per heavy atom. The van der Waals surface area contributed by atoms with Crippen molar-refractivity contribution in [3.8, 4) is 33.8 Å². The van der Waals surface area contributed by atoms with Crippen LogP contribution in [0.1, 0.15) is 69.5 Å². The van der Waals surface area contributed by atoms with E-state index >= 15 is 0 Å². The van der Waals surface area contributed by atoms with Crippen molar-refractivity contribution in [2.24, 2.45) is 0 Å². The van der Waals surface area contributed by atoms with Gasteiger partial charge >= 0.3 is 0 Å². The molecule has 75 heavy (non-hydrogen) atoms. The maximum absolute atomic E-state index is 13.5. The number of nitrogens with one attached hydrogen (secondary N) is 2. The number of aryl methyl sites for hydroxylation is 2. The molecule has 14 heteroatoms. The number of hydrogen-bond donors (Lipinski definition) is 2. The lowest BCUT2D eigenvalue weighted by molar-refractivity contribution is -0.112. The predicted molar refractivity (Wildman–Crippen MR) is 302 cm³/mol. The molecule has 0 spiro atoms. The van der Waals surface area contributed by atoms with E-state index < -0.39 is 22.4 Å². The standard InChI is InChI=1S/C61H62N6O6S2/c1-5-34-66-42-62-38-54(66)40-74(70)58-28-20-52(21-29-58)64-61(69)33-15-47-11-7-13-51(37-47)49-18-26-57(27-19-49)73-45(4)9-8-35-67-43-63-39-55(67)41-75(71)59-30-22-53(23-31-59)65-60(68)32-14-46-10-6-12-50(36-46)48-16-24-56(25-17-48)72-44(2)3/h6-7,10-33,36-39,42-45H,5,8-9,34-35,40-41H2,1-4H3,(H,64,69)(H,65,68)/b32-14+,33-15+/t45?,74-,75+/m1/s1. The van der Waals surface area contributed by atoms with Gasteiger partial charge in [-0.05, 0) is 193 Å². The van der Waals surface area contributed by atoms with Crippen LogP contribution in [0.3, 0.4) is 0 Å². The molecule has 0 aliphatic heterocycles. The highest BCUT2D eigenvalue weighted by Crippen LogP contribution is 2.27. The number of nitrogens with zero attached hydrogens (tertiary/aromatic N) is 4. The Kier molecular flexibility index (Phi) is 19.0. The van der Waals surface area contributed by atoms with Crippen molar-refractivity contribution in [2.75, 3.05) is 10.6 Å². The van der Waals surface area contributed by atoms with Crippen LogP contribution in [0.4, 0.5) is 11.4 Å². The van der Waals surface area contributed by atoms with Crippen molar-refractivity contribution in [2.45, 2.75) is 93.6 Å². The number of carbonyl (C=O) groups excluding carboxylic acids is 2. The van der Waals surface area contributed by atoms with Gasteiger partial charge in [0.05, 0.1) is 48.6 Å². The molecule has 3 atom stereocenters. The summed E-state index contributed by atoms with van der Waals surface area (Å²) in [6.45, 7) is 9.70. The number of carbonyl (C=O) groups is 2. The molecule has 0 radical (unpaired) electrons. The van der Waals surface area contributed by atoms with E-state index in [1.807, 2.05) is 120 Å². The smallest absolute Gasteiger partial charge is 0.248 e. The monoisotopic (exact) mass is 1040 g/mol. The van der Waals surface area contributed by atoms with Crippen LogP contribution in [0, 0.1) is 0 Å². The highest BCUT2D eigenvalue weighted by atomic mass is 32.2. The number of benzene rings is 6. The van der Waals surface area contributed by atoms with Gasteiger partial charge in [-0.3, -0.25) is 9.59 Å². The van der Waals surface area contributed by atoms with Gasteiger partial charge in [0.1, 0.15) is 11.5 Å². The van der Waals surface area contributed by atoms with Crippen LogP contribution in [0.2, 0.25) is 0 Å². The third-order valence-corrected chi connectivity index (χ3v) is 14.8. The first-order valence-electron chi connectivity index (χ1n) is 25.1. The van der Waals surface area contributed by atoms with Gasteiger partial charge in [0.2, 0.25) is 11.8 Å². The molecule has 0 aliphatic rings. The first-order chi connectivity index (χ1) is 36.4. The zero-order valence-electron chi connectivity index (χ0n) is 42.6. The second-order valence-corrected chi connectivity index (χ2v) is 21.3. The molecule has 0 fully saturated rings. The van der Waals surface area contributed by atoms with Crippen molar-refractivity contribution < 1.29 is 28.2 Å². The lowest BCUT2D eigenvalue weighted by Crippen LogP contribution is -2.14. The normalized spacial score (nSPS) is 12.7. The minimum atomic E-state index is -1.32. The Balaban J connectivity index is 0.746. The van der Waals surface area contributed by atoms with E-state index in [1.54, 1.807) is 85.7 Å². The van der Waals surface area contributed by atoms with Crippen molar-refractivity contribution >= 4 is 57.7 Å². The Bertz CT molecular complexity index is 3170.